The Morgan fingerprint density at radius 2 is 1.83 bits per heavy atom. The van der Waals surface area contributed by atoms with Crippen LogP contribution in [0.25, 0.3) is 10.8 Å². The van der Waals surface area contributed by atoms with Crippen LogP contribution in [-0.4, -0.2) is 28.1 Å². The maximum Gasteiger partial charge on any atom is 0.279 e. The molecule has 0 saturated heterocycles. The maximum atomic E-state index is 12.2. The lowest BCUT2D eigenvalue weighted by atomic mass is 10.1. The summed E-state index contributed by atoms with van der Waals surface area (Å²) in [6, 6.07) is 13.5. The van der Waals surface area contributed by atoms with Gasteiger partial charge in [-0.05, 0) is 29.8 Å². The second-order valence-corrected chi connectivity index (χ2v) is 7.01. The molecule has 1 unspecified atom stereocenters. The molecule has 0 saturated carbocycles. The number of nitrogens with one attached hydrogen (secondary N) is 2. The number of carbonyl (C=O) groups is 2. The van der Waals surface area contributed by atoms with Crippen molar-refractivity contribution in [2.45, 2.75) is 45.6 Å². The Balaban J connectivity index is 1.44. The molecule has 2 amide bonds. The van der Waals surface area contributed by atoms with E-state index < -0.39 is 12.0 Å². The Hall–Kier alpha value is -3.42. The van der Waals surface area contributed by atoms with Crippen LogP contribution in [0.1, 0.15) is 44.8 Å². The molecular formula is C21H24N4O4. The molecule has 0 aliphatic heterocycles. The zero-order valence-corrected chi connectivity index (χ0v) is 16.6. The number of nitrogens with zero attached hydrogens (tertiary/aromatic N) is 2. The molecule has 29 heavy (non-hydrogen) atoms. The van der Waals surface area contributed by atoms with Crippen LogP contribution >= 0.6 is 0 Å². The molecule has 2 aromatic carbocycles. The molecule has 8 nitrogen and oxygen atoms in total. The highest BCUT2D eigenvalue weighted by Gasteiger charge is 2.16. The number of aryl methyl sites for hydroxylation is 1. The van der Waals surface area contributed by atoms with Crippen LogP contribution in [0.5, 0.6) is 5.75 Å². The first-order valence-electron chi connectivity index (χ1n) is 9.49. The fourth-order valence-corrected chi connectivity index (χ4v) is 2.62. The minimum absolute atomic E-state index is 0.111. The number of carbonyl (C=O) groups excluding carboxylic acids is 2. The van der Waals surface area contributed by atoms with E-state index in [1.807, 2.05) is 50.2 Å². The Labute approximate surface area is 168 Å². The predicted octanol–water partition coefficient (Wildman–Crippen LogP) is 2.89. The van der Waals surface area contributed by atoms with Crippen LogP contribution < -0.4 is 15.6 Å². The number of aromatic nitrogens is 2. The summed E-state index contributed by atoms with van der Waals surface area (Å²) in [5, 5.41) is 5.96. The zero-order chi connectivity index (χ0) is 20.8. The van der Waals surface area contributed by atoms with Gasteiger partial charge in [0.25, 0.3) is 5.91 Å². The third-order valence-electron chi connectivity index (χ3n) is 4.29. The molecule has 3 rings (SSSR count). The van der Waals surface area contributed by atoms with Gasteiger partial charge in [-0.25, -0.2) is 0 Å². The molecule has 0 aliphatic carbocycles. The maximum absolute atomic E-state index is 12.2. The van der Waals surface area contributed by atoms with Gasteiger partial charge in [0.05, 0.1) is 0 Å². The van der Waals surface area contributed by atoms with Gasteiger partial charge in [-0.3, -0.25) is 20.4 Å². The number of benzene rings is 2. The van der Waals surface area contributed by atoms with E-state index in [-0.39, 0.29) is 18.2 Å². The van der Waals surface area contributed by atoms with Crippen LogP contribution in [-0.2, 0) is 16.0 Å². The van der Waals surface area contributed by atoms with E-state index in [9.17, 15) is 9.59 Å². The predicted molar refractivity (Wildman–Crippen MR) is 107 cm³/mol. The van der Waals surface area contributed by atoms with Gasteiger partial charge in [-0.15, -0.1) is 0 Å². The summed E-state index contributed by atoms with van der Waals surface area (Å²) in [7, 11) is 0. The number of rotatable bonds is 7. The van der Waals surface area contributed by atoms with Crippen molar-refractivity contribution in [3.8, 4) is 5.75 Å². The molecule has 0 spiro atoms. The fraction of sp³-hybridized carbons (Fsp3) is 0.333. The summed E-state index contributed by atoms with van der Waals surface area (Å²) in [6.45, 7) is 5.53. The van der Waals surface area contributed by atoms with Crippen LogP contribution in [0.15, 0.2) is 47.0 Å². The molecule has 0 bridgehead atoms. The van der Waals surface area contributed by atoms with Crippen molar-refractivity contribution < 1.29 is 18.8 Å². The second kappa shape index (κ2) is 9.18. The minimum Gasteiger partial charge on any atom is -0.481 e. The highest BCUT2D eigenvalue weighted by Crippen LogP contribution is 2.21. The van der Waals surface area contributed by atoms with E-state index in [0.717, 1.165) is 10.8 Å². The fourth-order valence-electron chi connectivity index (χ4n) is 2.62. The summed E-state index contributed by atoms with van der Waals surface area (Å²) >= 11 is 0. The number of hydrogen-bond acceptors (Lipinski definition) is 6. The third-order valence-corrected chi connectivity index (χ3v) is 4.29. The molecule has 2 N–H and O–H groups in total. The van der Waals surface area contributed by atoms with Gasteiger partial charge >= 0.3 is 0 Å². The van der Waals surface area contributed by atoms with E-state index in [1.54, 1.807) is 13.0 Å². The van der Waals surface area contributed by atoms with E-state index in [2.05, 4.69) is 21.0 Å². The molecule has 152 valence electrons. The van der Waals surface area contributed by atoms with Gasteiger partial charge in [0.2, 0.25) is 11.8 Å². The molecule has 0 aliphatic rings. The molecule has 3 aromatic rings. The van der Waals surface area contributed by atoms with Crippen molar-refractivity contribution in [1.29, 1.82) is 0 Å². The third kappa shape index (κ3) is 5.54. The Morgan fingerprint density at radius 3 is 2.55 bits per heavy atom. The quantitative estimate of drug-likeness (QED) is 0.595. The molecule has 0 radical (unpaired) electrons. The lowest BCUT2D eigenvalue weighted by molar-refractivity contribution is -0.132. The first kappa shape index (κ1) is 20.3. The summed E-state index contributed by atoms with van der Waals surface area (Å²) in [5.41, 5.74) is 4.74. The van der Waals surface area contributed by atoms with Gasteiger partial charge in [0, 0.05) is 18.8 Å². The highest BCUT2D eigenvalue weighted by molar-refractivity contribution is 5.85. The van der Waals surface area contributed by atoms with E-state index >= 15 is 0 Å². The van der Waals surface area contributed by atoms with Gasteiger partial charge < -0.3 is 9.26 Å². The standard InChI is InChI=1S/C21H24N4O4/c1-13(2)20-22-19(29-25-20)11-10-18(26)23-24-21(27)14(3)28-17-9-8-15-6-4-5-7-16(15)12-17/h4-9,12-14H,10-11H2,1-3H3,(H,23,26)(H,24,27). The number of hydrazine groups is 1. The van der Waals surface area contributed by atoms with Crippen molar-refractivity contribution in [3.63, 3.8) is 0 Å². The summed E-state index contributed by atoms with van der Waals surface area (Å²) < 4.78 is 10.8. The molecule has 1 aromatic heterocycles. The van der Waals surface area contributed by atoms with Gasteiger partial charge in [0.15, 0.2) is 11.9 Å². The van der Waals surface area contributed by atoms with Crippen LogP contribution in [0, 0.1) is 0 Å². The molecule has 1 atom stereocenters. The van der Waals surface area contributed by atoms with Crippen molar-refractivity contribution >= 4 is 22.6 Å². The summed E-state index contributed by atoms with van der Waals surface area (Å²) in [6.07, 6.45) is -0.370. The summed E-state index contributed by atoms with van der Waals surface area (Å²) in [5.74, 6) is 0.920. The van der Waals surface area contributed by atoms with Crippen LogP contribution in [0.2, 0.25) is 0 Å². The SMILES string of the molecule is CC(Oc1ccc2ccccc2c1)C(=O)NNC(=O)CCc1nc(C(C)C)no1. The molecule has 0 fully saturated rings. The first-order valence-corrected chi connectivity index (χ1v) is 9.49. The lowest BCUT2D eigenvalue weighted by Crippen LogP contribution is -2.47. The monoisotopic (exact) mass is 396 g/mol. The van der Waals surface area contributed by atoms with E-state index in [4.69, 9.17) is 9.26 Å². The van der Waals surface area contributed by atoms with Crippen LogP contribution in [0.3, 0.4) is 0 Å². The smallest absolute Gasteiger partial charge is 0.279 e. The number of fused-ring (bicyclic) bond motifs is 1. The summed E-state index contributed by atoms with van der Waals surface area (Å²) in [4.78, 5) is 28.3. The number of hydrogen-bond donors (Lipinski definition) is 2. The van der Waals surface area contributed by atoms with Crippen molar-refractivity contribution in [1.82, 2.24) is 21.0 Å². The number of ether oxygens (including phenoxy) is 1. The van der Waals surface area contributed by atoms with Gasteiger partial charge in [-0.1, -0.05) is 49.3 Å². The molecule has 1 heterocycles. The van der Waals surface area contributed by atoms with Gasteiger partial charge in [0.1, 0.15) is 5.75 Å². The average Bonchev–Trinajstić information content (AvgIpc) is 3.20. The highest BCUT2D eigenvalue weighted by atomic mass is 16.5. The van der Waals surface area contributed by atoms with E-state index in [0.29, 0.717) is 23.9 Å². The largest absolute Gasteiger partial charge is 0.481 e. The normalized spacial score (nSPS) is 12.0. The Kier molecular flexibility index (Phi) is 6.43. The Bertz CT molecular complexity index is 999. The lowest BCUT2D eigenvalue weighted by Gasteiger charge is -2.15. The van der Waals surface area contributed by atoms with E-state index in [1.165, 1.54) is 0 Å². The first-order chi connectivity index (χ1) is 13.9. The zero-order valence-electron chi connectivity index (χ0n) is 16.6. The second-order valence-electron chi connectivity index (χ2n) is 7.01. The van der Waals surface area contributed by atoms with Crippen molar-refractivity contribution in [2.24, 2.45) is 0 Å². The van der Waals surface area contributed by atoms with Crippen molar-refractivity contribution in [3.05, 3.63) is 54.2 Å². The Morgan fingerprint density at radius 1 is 1.07 bits per heavy atom. The van der Waals surface area contributed by atoms with Crippen LogP contribution in [0.4, 0.5) is 0 Å². The molecular weight excluding hydrogens is 372 g/mol. The topological polar surface area (TPSA) is 106 Å². The molecule has 8 heteroatoms. The average molecular weight is 396 g/mol. The van der Waals surface area contributed by atoms with Crippen molar-refractivity contribution in [2.75, 3.05) is 0 Å². The minimum atomic E-state index is -0.777. The number of amides is 2. The van der Waals surface area contributed by atoms with Gasteiger partial charge in [-0.2, -0.15) is 4.98 Å².